The molecule has 5 heteroatoms. The molecule has 1 saturated carbocycles. The predicted octanol–water partition coefficient (Wildman–Crippen LogP) is 2.45. The molecule has 1 aromatic carbocycles. The van der Waals surface area contributed by atoms with Gasteiger partial charge in [-0.2, -0.15) is 0 Å². The SMILES string of the molecule is CNC(=O)OCc1ccc(Cl)c(CNC2CC2)c1. The summed E-state index contributed by atoms with van der Waals surface area (Å²) in [6.45, 7) is 1.02. The van der Waals surface area contributed by atoms with Crippen LogP contribution in [0.5, 0.6) is 0 Å². The minimum absolute atomic E-state index is 0.257. The molecule has 0 bridgehead atoms. The second-order valence-corrected chi connectivity index (χ2v) is 4.81. The van der Waals surface area contributed by atoms with Gasteiger partial charge in [0, 0.05) is 24.7 Å². The fourth-order valence-corrected chi connectivity index (χ4v) is 1.80. The van der Waals surface area contributed by atoms with E-state index in [-0.39, 0.29) is 6.61 Å². The van der Waals surface area contributed by atoms with E-state index >= 15 is 0 Å². The van der Waals surface area contributed by atoms with E-state index < -0.39 is 6.09 Å². The Bertz CT molecular complexity index is 433. The minimum atomic E-state index is -0.428. The predicted molar refractivity (Wildman–Crippen MR) is 70.6 cm³/mol. The Labute approximate surface area is 112 Å². The lowest BCUT2D eigenvalue weighted by molar-refractivity contribution is 0.142. The zero-order chi connectivity index (χ0) is 13.0. The number of hydrogen-bond donors (Lipinski definition) is 2. The van der Waals surface area contributed by atoms with Crippen molar-refractivity contribution < 1.29 is 9.53 Å². The fourth-order valence-electron chi connectivity index (χ4n) is 1.62. The first kappa shape index (κ1) is 13.2. The van der Waals surface area contributed by atoms with Crippen molar-refractivity contribution in [1.29, 1.82) is 0 Å². The number of ether oxygens (including phenoxy) is 1. The average molecular weight is 269 g/mol. The molecule has 1 aliphatic carbocycles. The van der Waals surface area contributed by atoms with E-state index in [1.165, 1.54) is 19.9 Å². The largest absolute Gasteiger partial charge is 0.445 e. The van der Waals surface area contributed by atoms with E-state index in [2.05, 4.69) is 10.6 Å². The van der Waals surface area contributed by atoms with Crippen LogP contribution in [0.4, 0.5) is 4.79 Å². The molecular weight excluding hydrogens is 252 g/mol. The third-order valence-corrected chi connectivity index (χ3v) is 3.21. The van der Waals surface area contributed by atoms with Crippen molar-refractivity contribution in [2.45, 2.75) is 32.0 Å². The molecule has 0 heterocycles. The van der Waals surface area contributed by atoms with Gasteiger partial charge in [-0.25, -0.2) is 4.79 Å². The minimum Gasteiger partial charge on any atom is -0.445 e. The normalized spacial score (nSPS) is 14.3. The van der Waals surface area contributed by atoms with Gasteiger partial charge >= 0.3 is 6.09 Å². The molecule has 1 aliphatic rings. The number of carbonyl (C=O) groups is 1. The Hall–Kier alpha value is -1.26. The van der Waals surface area contributed by atoms with Gasteiger partial charge in [-0.1, -0.05) is 17.7 Å². The fraction of sp³-hybridized carbons (Fsp3) is 0.462. The van der Waals surface area contributed by atoms with E-state index in [1.54, 1.807) is 0 Å². The summed E-state index contributed by atoms with van der Waals surface area (Å²) in [6.07, 6.45) is 2.07. The average Bonchev–Trinajstić information content (AvgIpc) is 3.19. The molecule has 0 aliphatic heterocycles. The molecule has 0 spiro atoms. The number of nitrogens with one attached hydrogen (secondary N) is 2. The van der Waals surface area contributed by atoms with Crippen LogP contribution >= 0.6 is 11.6 Å². The van der Waals surface area contributed by atoms with Crippen LogP contribution in [0.25, 0.3) is 0 Å². The molecule has 1 amide bonds. The summed E-state index contributed by atoms with van der Waals surface area (Å²) in [4.78, 5) is 11.0. The summed E-state index contributed by atoms with van der Waals surface area (Å²) in [6, 6.07) is 6.33. The van der Waals surface area contributed by atoms with Crippen LogP contribution in [-0.4, -0.2) is 19.2 Å². The number of amides is 1. The lowest BCUT2D eigenvalue weighted by Gasteiger charge is -2.09. The zero-order valence-corrected chi connectivity index (χ0v) is 11.1. The van der Waals surface area contributed by atoms with Gasteiger partial charge in [0.25, 0.3) is 0 Å². The Balaban J connectivity index is 1.93. The second-order valence-electron chi connectivity index (χ2n) is 4.41. The Morgan fingerprint density at radius 2 is 2.28 bits per heavy atom. The molecule has 2 rings (SSSR count). The topological polar surface area (TPSA) is 50.4 Å². The number of rotatable bonds is 5. The molecular formula is C13H17ClN2O2. The van der Waals surface area contributed by atoms with E-state index in [9.17, 15) is 4.79 Å². The highest BCUT2D eigenvalue weighted by Crippen LogP contribution is 2.22. The Morgan fingerprint density at radius 1 is 1.50 bits per heavy atom. The molecule has 2 N–H and O–H groups in total. The van der Waals surface area contributed by atoms with Crippen molar-refractivity contribution >= 4 is 17.7 Å². The second kappa shape index (κ2) is 6.07. The number of alkyl carbamates (subject to hydrolysis) is 1. The summed E-state index contributed by atoms with van der Waals surface area (Å²) in [5.74, 6) is 0. The van der Waals surface area contributed by atoms with Crippen LogP contribution < -0.4 is 10.6 Å². The standard InChI is InChI=1S/C13H17ClN2O2/c1-15-13(17)18-8-9-2-5-12(14)10(6-9)7-16-11-3-4-11/h2,5-6,11,16H,3-4,7-8H2,1H3,(H,15,17). The Morgan fingerprint density at radius 3 is 2.94 bits per heavy atom. The van der Waals surface area contributed by atoms with Crippen LogP contribution in [0, 0.1) is 0 Å². The summed E-state index contributed by atoms with van der Waals surface area (Å²) in [5.41, 5.74) is 1.98. The zero-order valence-electron chi connectivity index (χ0n) is 10.3. The first-order valence-electron chi connectivity index (χ1n) is 6.04. The van der Waals surface area contributed by atoms with Crippen molar-refractivity contribution in [3.63, 3.8) is 0 Å². The van der Waals surface area contributed by atoms with Crippen molar-refractivity contribution in [3.05, 3.63) is 34.3 Å². The summed E-state index contributed by atoms with van der Waals surface area (Å²) < 4.78 is 5.00. The summed E-state index contributed by atoms with van der Waals surface area (Å²) >= 11 is 6.13. The maximum absolute atomic E-state index is 11.0. The van der Waals surface area contributed by atoms with E-state index in [0.29, 0.717) is 6.04 Å². The van der Waals surface area contributed by atoms with Gasteiger partial charge in [-0.15, -0.1) is 0 Å². The highest BCUT2D eigenvalue weighted by Gasteiger charge is 2.20. The molecule has 4 nitrogen and oxygen atoms in total. The number of carbonyl (C=O) groups excluding carboxylic acids is 1. The van der Waals surface area contributed by atoms with E-state index in [4.69, 9.17) is 16.3 Å². The van der Waals surface area contributed by atoms with Gasteiger partial charge in [-0.05, 0) is 36.1 Å². The van der Waals surface area contributed by atoms with Gasteiger partial charge in [-0.3, -0.25) is 0 Å². The monoisotopic (exact) mass is 268 g/mol. The van der Waals surface area contributed by atoms with Gasteiger partial charge in [0.1, 0.15) is 6.61 Å². The van der Waals surface area contributed by atoms with Gasteiger partial charge in [0.15, 0.2) is 0 Å². The van der Waals surface area contributed by atoms with Crippen molar-refractivity contribution in [2.75, 3.05) is 7.05 Å². The molecule has 18 heavy (non-hydrogen) atoms. The molecule has 0 unspecified atom stereocenters. The third kappa shape index (κ3) is 3.89. The highest BCUT2D eigenvalue weighted by molar-refractivity contribution is 6.31. The number of benzene rings is 1. The Kier molecular flexibility index (Phi) is 4.44. The maximum atomic E-state index is 11.0. The lowest BCUT2D eigenvalue weighted by Crippen LogP contribution is -2.19. The molecule has 1 fully saturated rings. The molecule has 0 radical (unpaired) electrons. The van der Waals surface area contributed by atoms with E-state index in [1.807, 2.05) is 18.2 Å². The van der Waals surface area contributed by atoms with Crippen molar-refractivity contribution in [3.8, 4) is 0 Å². The van der Waals surface area contributed by atoms with Crippen LogP contribution in [0.15, 0.2) is 18.2 Å². The summed E-state index contributed by atoms with van der Waals surface area (Å²) in [7, 11) is 1.54. The lowest BCUT2D eigenvalue weighted by atomic mass is 10.1. The molecule has 0 aromatic heterocycles. The van der Waals surface area contributed by atoms with E-state index in [0.717, 1.165) is 22.7 Å². The molecule has 1 aromatic rings. The van der Waals surface area contributed by atoms with Gasteiger partial charge in [0.05, 0.1) is 0 Å². The first-order valence-corrected chi connectivity index (χ1v) is 6.42. The molecule has 98 valence electrons. The molecule has 0 saturated heterocycles. The number of halogens is 1. The smallest absolute Gasteiger partial charge is 0.407 e. The highest BCUT2D eigenvalue weighted by atomic mass is 35.5. The van der Waals surface area contributed by atoms with Crippen LogP contribution in [0.1, 0.15) is 24.0 Å². The van der Waals surface area contributed by atoms with Gasteiger partial charge in [0.2, 0.25) is 0 Å². The first-order chi connectivity index (χ1) is 8.69. The third-order valence-electron chi connectivity index (χ3n) is 2.84. The summed E-state index contributed by atoms with van der Waals surface area (Å²) in [5, 5.41) is 6.56. The maximum Gasteiger partial charge on any atom is 0.407 e. The molecule has 0 atom stereocenters. The van der Waals surface area contributed by atoms with Crippen molar-refractivity contribution in [1.82, 2.24) is 10.6 Å². The quantitative estimate of drug-likeness (QED) is 0.862. The van der Waals surface area contributed by atoms with Crippen LogP contribution in [-0.2, 0) is 17.9 Å². The van der Waals surface area contributed by atoms with Gasteiger partial charge < -0.3 is 15.4 Å². The van der Waals surface area contributed by atoms with Crippen molar-refractivity contribution in [2.24, 2.45) is 0 Å². The van der Waals surface area contributed by atoms with Crippen LogP contribution in [0.2, 0.25) is 5.02 Å². The number of hydrogen-bond acceptors (Lipinski definition) is 3. The van der Waals surface area contributed by atoms with Crippen LogP contribution in [0.3, 0.4) is 0 Å².